The minimum atomic E-state index is -0.116. The van der Waals surface area contributed by atoms with E-state index < -0.39 is 0 Å². The number of carbonyl (C=O) groups excluding carboxylic acids is 1. The second kappa shape index (κ2) is 9.85. The van der Waals surface area contributed by atoms with E-state index in [1.807, 2.05) is 66.0 Å². The van der Waals surface area contributed by atoms with Gasteiger partial charge in [0.1, 0.15) is 5.01 Å². The van der Waals surface area contributed by atoms with Crippen LogP contribution in [0.2, 0.25) is 5.02 Å². The maximum absolute atomic E-state index is 12.6. The Morgan fingerprint density at radius 1 is 0.969 bits per heavy atom. The van der Waals surface area contributed by atoms with Crippen molar-refractivity contribution in [3.8, 4) is 33.3 Å². The third-order valence-corrected chi connectivity index (χ3v) is 5.99. The number of hydrogen-bond acceptors (Lipinski definition) is 5. The molecule has 0 atom stereocenters. The summed E-state index contributed by atoms with van der Waals surface area (Å²) in [6.07, 6.45) is 0.224. The zero-order valence-corrected chi connectivity index (χ0v) is 19.2. The lowest BCUT2D eigenvalue weighted by molar-refractivity contribution is -0.115. The Bertz CT molecular complexity index is 1240. The van der Waals surface area contributed by atoms with Crippen molar-refractivity contribution >= 4 is 34.5 Å². The molecule has 0 radical (unpaired) electrons. The van der Waals surface area contributed by atoms with Crippen LogP contribution in [0, 0.1) is 0 Å². The predicted molar refractivity (Wildman–Crippen MR) is 130 cm³/mol. The van der Waals surface area contributed by atoms with E-state index in [1.165, 1.54) is 0 Å². The van der Waals surface area contributed by atoms with Gasteiger partial charge < -0.3 is 14.8 Å². The van der Waals surface area contributed by atoms with Crippen LogP contribution in [0.5, 0.6) is 11.5 Å². The van der Waals surface area contributed by atoms with E-state index in [-0.39, 0.29) is 12.3 Å². The Morgan fingerprint density at radius 3 is 2.50 bits per heavy atom. The molecule has 0 aliphatic rings. The Hall–Kier alpha value is -3.35. The Balaban J connectivity index is 1.46. The summed E-state index contributed by atoms with van der Waals surface area (Å²) in [5.74, 6) is 1.11. The van der Waals surface area contributed by atoms with Crippen LogP contribution in [-0.4, -0.2) is 25.1 Å². The van der Waals surface area contributed by atoms with Gasteiger partial charge >= 0.3 is 0 Å². The van der Waals surface area contributed by atoms with Gasteiger partial charge in [-0.2, -0.15) is 0 Å². The van der Waals surface area contributed by atoms with Crippen molar-refractivity contribution < 1.29 is 14.3 Å². The van der Waals surface area contributed by atoms with Crippen molar-refractivity contribution in [2.45, 2.75) is 6.42 Å². The maximum atomic E-state index is 12.6. The highest BCUT2D eigenvalue weighted by Gasteiger charge is 2.11. The summed E-state index contributed by atoms with van der Waals surface area (Å²) >= 11 is 7.54. The van der Waals surface area contributed by atoms with E-state index in [0.717, 1.165) is 27.4 Å². The molecular weight excluding hydrogens is 444 g/mol. The van der Waals surface area contributed by atoms with Gasteiger partial charge in [0, 0.05) is 27.2 Å². The number of ether oxygens (including phenoxy) is 2. The average molecular weight is 465 g/mol. The Labute approximate surface area is 195 Å². The number of nitrogens with zero attached hydrogens (tertiary/aromatic N) is 1. The monoisotopic (exact) mass is 464 g/mol. The van der Waals surface area contributed by atoms with E-state index in [1.54, 1.807) is 31.6 Å². The molecule has 162 valence electrons. The molecule has 4 rings (SSSR count). The first-order valence-corrected chi connectivity index (χ1v) is 11.1. The molecule has 5 nitrogen and oxygen atoms in total. The second-order valence-electron chi connectivity index (χ2n) is 7.04. The van der Waals surface area contributed by atoms with Gasteiger partial charge in [0.2, 0.25) is 5.91 Å². The fourth-order valence-electron chi connectivity index (χ4n) is 3.27. The lowest BCUT2D eigenvalue weighted by Gasteiger charge is -2.10. The van der Waals surface area contributed by atoms with Crippen LogP contribution in [0.3, 0.4) is 0 Å². The largest absolute Gasteiger partial charge is 0.493 e. The van der Waals surface area contributed by atoms with Crippen LogP contribution >= 0.6 is 22.9 Å². The summed E-state index contributed by atoms with van der Waals surface area (Å²) in [5.41, 5.74) is 4.36. The normalized spacial score (nSPS) is 10.6. The van der Waals surface area contributed by atoms with Gasteiger partial charge in [-0.15, -0.1) is 11.3 Å². The molecule has 0 fully saturated rings. The van der Waals surface area contributed by atoms with Crippen molar-refractivity contribution in [3.05, 3.63) is 82.7 Å². The van der Waals surface area contributed by atoms with Gasteiger partial charge in [-0.1, -0.05) is 41.9 Å². The van der Waals surface area contributed by atoms with Crippen LogP contribution < -0.4 is 14.8 Å². The summed E-state index contributed by atoms with van der Waals surface area (Å²) in [5, 5.41) is 6.58. The fraction of sp³-hybridized carbons (Fsp3) is 0.120. The van der Waals surface area contributed by atoms with Gasteiger partial charge in [-0.3, -0.25) is 4.79 Å². The molecule has 1 heterocycles. The third kappa shape index (κ3) is 5.10. The van der Waals surface area contributed by atoms with Crippen LogP contribution in [0.25, 0.3) is 21.8 Å². The molecule has 4 aromatic rings. The molecule has 3 aromatic carbocycles. The molecule has 1 aromatic heterocycles. The summed E-state index contributed by atoms with van der Waals surface area (Å²) in [6.45, 7) is 0. The van der Waals surface area contributed by atoms with E-state index in [0.29, 0.717) is 22.2 Å². The van der Waals surface area contributed by atoms with Gasteiger partial charge in [0.25, 0.3) is 0 Å². The number of amides is 1. The predicted octanol–water partition coefficient (Wildman–Crippen LogP) is 6.33. The molecule has 0 spiro atoms. The quantitative estimate of drug-likeness (QED) is 0.347. The number of hydrogen-bond donors (Lipinski definition) is 1. The fourth-order valence-corrected chi connectivity index (χ4v) is 4.23. The maximum Gasteiger partial charge on any atom is 0.228 e. The topological polar surface area (TPSA) is 60.5 Å². The first-order valence-electron chi connectivity index (χ1n) is 9.88. The lowest BCUT2D eigenvalue weighted by Crippen LogP contribution is -2.14. The molecule has 1 N–H and O–H groups in total. The number of rotatable bonds is 7. The standard InChI is InChI=1S/C25H21ClN2O3S/c1-30-22-11-6-16(12-23(22)31-2)13-24(29)27-20-5-3-4-18(14-20)21-15-32-25(28-21)17-7-9-19(26)10-8-17/h3-12,14-15H,13H2,1-2H3,(H,27,29). The summed E-state index contributed by atoms with van der Waals surface area (Å²) in [7, 11) is 3.15. The number of nitrogens with one attached hydrogen (secondary N) is 1. The number of anilines is 1. The van der Waals surface area contributed by atoms with Gasteiger partial charge in [-0.05, 0) is 42.0 Å². The summed E-state index contributed by atoms with van der Waals surface area (Å²) in [4.78, 5) is 17.3. The molecule has 0 saturated heterocycles. The van der Waals surface area contributed by atoms with E-state index in [2.05, 4.69) is 5.32 Å². The van der Waals surface area contributed by atoms with Crippen molar-refractivity contribution in [1.29, 1.82) is 0 Å². The Kier molecular flexibility index (Phi) is 6.73. The number of thiazole rings is 1. The number of benzene rings is 3. The van der Waals surface area contributed by atoms with Crippen molar-refractivity contribution in [2.24, 2.45) is 0 Å². The number of methoxy groups -OCH3 is 2. The molecule has 32 heavy (non-hydrogen) atoms. The van der Waals surface area contributed by atoms with Gasteiger partial charge in [0.05, 0.1) is 26.3 Å². The molecule has 7 heteroatoms. The van der Waals surface area contributed by atoms with Crippen molar-refractivity contribution in [2.75, 3.05) is 19.5 Å². The summed E-state index contributed by atoms with van der Waals surface area (Å²) < 4.78 is 10.6. The SMILES string of the molecule is COc1ccc(CC(=O)Nc2cccc(-c3csc(-c4ccc(Cl)cc4)n3)c2)cc1OC. The molecule has 0 aliphatic carbocycles. The first kappa shape index (κ1) is 21.9. The van der Waals surface area contributed by atoms with Crippen molar-refractivity contribution in [1.82, 2.24) is 4.98 Å². The van der Waals surface area contributed by atoms with E-state index >= 15 is 0 Å². The zero-order chi connectivity index (χ0) is 22.5. The molecule has 0 aliphatic heterocycles. The number of carbonyl (C=O) groups is 1. The summed E-state index contributed by atoms with van der Waals surface area (Å²) in [6, 6.07) is 20.7. The highest BCUT2D eigenvalue weighted by Crippen LogP contribution is 2.31. The zero-order valence-electron chi connectivity index (χ0n) is 17.6. The van der Waals surface area contributed by atoms with Crippen LogP contribution in [-0.2, 0) is 11.2 Å². The van der Waals surface area contributed by atoms with Crippen molar-refractivity contribution in [3.63, 3.8) is 0 Å². The highest BCUT2D eigenvalue weighted by molar-refractivity contribution is 7.13. The van der Waals surface area contributed by atoms with Crippen LogP contribution in [0.15, 0.2) is 72.1 Å². The minimum Gasteiger partial charge on any atom is -0.493 e. The van der Waals surface area contributed by atoms with Gasteiger partial charge in [0.15, 0.2) is 11.5 Å². The number of halogens is 1. The minimum absolute atomic E-state index is 0.116. The molecule has 0 unspecified atom stereocenters. The van der Waals surface area contributed by atoms with Gasteiger partial charge in [-0.25, -0.2) is 4.98 Å². The molecule has 1 amide bonds. The van der Waals surface area contributed by atoms with Crippen LogP contribution in [0.4, 0.5) is 5.69 Å². The molecule has 0 saturated carbocycles. The smallest absolute Gasteiger partial charge is 0.228 e. The second-order valence-corrected chi connectivity index (χ2v) is 8.33. The Morgan fingerprint density at radius 2 is 1.75 bits per heavy atom. The number of aromatic nitrogens is 1. The van der Waals surface area contributed by atoms with Crippen LogP contribution in [0.1, 0.15) is 5.56 Å². The van der Waals surface area contributed by atoms with E-state index in [4.69, 9.17) is 26.1 Å². The molecule has 0 bridgehead atoms. The van der Waals surface area contributed by atoms with E-state index in [9.17, 15) is 4.79 Å². The first-order chi connectivity index (χ1) is 15.6. The average Bonchev–Trinajstić information content (AvgIpc) is 3.30. The third-order valence-electron chi connectivity index (χ3n) is 4.85. The highest BCUT2D eigenvalue weighted by atomic mass is 35.5. The molecular formula is C25H21ClN2O3S. The lowest BCUT2D eigenvalue weighted by atomic mass is 10.1.